The fraction of sp³-hybridized carbons (Fsp3) is 0.714. The Labute approximate surface area is 69.9 Å². The molecule has 0 heterocycles. The zero-order chi connectivity index (χ0) is 9.14. The van der Waals surface area contributed by atoms with Gasteiger partial charge in [0.15, 0.2) is 0 Å². The van der Waals surface area contributed by atoms with Crippen LogP contribution >= 0.6 is 0 Å². The summed E-state index contributed by atoms with van der Waals surface area (Å²) in [4.78, 5) is 21.0. The molecule has 4 N–H and O–H groups in total. The van der Waals surface area contributed by atoms with Gasteiger partial charge < -0.3 is 16.2 Å². The van der Waals surface area contributed by atoms with Gasteiger partial charge in [0.05, 0.1) is 6.42 Å². The SMILES string of the molecule is NC(=O)CC(NC1CC1)C(=O)O. The molecule has 0 saturated heterocycles. The van der Waals surface area contributed by atoms with Gasteiger partial charge in [0, 0.05) is 6.04 Å². The number of amides is 1. The van der Waals surface area contributed by atoms with Gasteiger partial charge in [0.25, 0.3) is 0 Å². The Kier molecular flexibility index (Phi) is 2.65. The van der Waals surface area contributed by atoms with Crippen LogP contribution in [0, 0.1) is 0 Å². The number of carboxylic acids is 1. The summed E-state index contributed by atoms with van der Waals surface area (Å²) in [5.74, 6) is -1.60. The summed E-state index contributed by atoms with van der Waals surface area (Å²) in [6, 6.07) is -0.541. The number of carboxylic acid groups (broad SMARTS) is 1. The van der Waals surface area contributed by atoms with E-state index in [0.717, 1.165) is 12.8 Å². The molecule has 5 heteroatoms. The van der Waals surface area contributed by atoms with Crippen molar-refractivity contribution in [3.05, 3.63) is 0 Å². The van der Waals surface area contributed by atoms with Crippen LogP contribution in [-0.2, 0) is 9.59 Å². The highest BCUT2D eigenvalue weighted by molar-refractivity contribution is 5.83. The molecule has 1 fully saturated rings. The highest BCUT2D eigenvalue weighted by Crippen LogP contribution is 2.19. The quantitative estimate of drug-likeness (QED) is 0.499. The van der Waals surface area contributed by atoms with Crippen LogP contribution in [0.4, 0.5) is 0 Å². The predicted molar refractivity (Wildman–Crippen MR) is 41.4 cm³/mol. The monoisotopic (exact) mass is 172 g/mol. The average Bonchev–Trinajstić information content (AvgIpc) is 2.68. The summed E-state index contributed by atoms with van der Waals surface area (Å²) in [5.41, 5.74) is 4.89. The van der Waals surface area contributed by atoms with Crippen molar-refractivity contribution in [2.75, 3.05) is 0 Å². The van der Waals surface area contributed by atoms with Gasteiger partial charge in [-0.2, -0.15) is 0 Å². The van der Waals surface area contributed by atoms with Gasteiger partial charge in [-0.3, -0.25) is 9.59 Å². The minimum atomic E-state index is -1.01. The van der Waals surface area contributed by atoms with Crippen LogP contribution < -0.4 is 11.1 Å². The molecule has 1 amide bonds. The van der Waals surface area contributed by atoms with E-state index in [2.05, 4.69) is 5.32 Å². The molecule has 0 aliphatic heterocycles. The third-order valence-electron chi connectivity index (χ3n) is 1.72. The minimum absolute atomic E-state index is 0.133. The number of aliphatic carboxylic acids is 1. The van der Waals surface area contributed by atoms with Crippen molar-refractivity contribution < 1.29 is 14.7 Å². The highest BCUT2D eigenvalue weighted by Gasteiger charge is 2.28. The lowest BCUT2D eigenvalue weighted by atomic mass is 10.2. The van der Waals surface area contributed by atoms with Gasteiger partial charge in [-0.25, -0.2) is 0 Å². The van der Waals surface area contributed by atoms with Crippen LogP contribution in [-0.4, -0.2) is 29.1 Å². The van der Waals surface area contributed by atoms with E-state index in [0.29, 0.717) is 0 Å². The number of carbonyl (C=O) groups excluding carboxylic acids is 1. The van der Waals surface area contributed by atoms with E-state index in [1.54, 1.807) is 0 Å². The summed E-state index contributed by atoms with van der Waals surface area (Å²) in [7, 11) is 0. The van der Waals surface area contributed by atoms with Gasteiger partial charge in [0.1, 0.15) is 6.04 Å². The molecule has 1 aliphatic carbocycles. The lowest BCUT2D eigenvalue weighted by molar-refractivity contribution is -0.141. The van der Waals surface area contributed by atoms with Crippen molar-refractivity contribution in [2.45, 2.75) is 31.3 Å². The van der Waals surface area contributed by atoms with Crippen molar-refractivity contribution in [1.82, 2.24) is 5.32 Å². The molecule has 0 bridgehead atoms. The molecule has 1 rings (SSSR count). The maximum atomic E-state index is 10.5. The zero-order valence-electron chi connectivity index (χ0n) is 6.62. The van der Waals surface area contributed by atoms with E-state index < -0.39 is 17.9 Å². The Morgan fingerprint density at radius 1 is 1.58 bits per heavy atom. The number of hydrogen-bond acceptors (Lipinski definition) is 3. The molecule has 0 aromatic heterocycles. The summed E-state index contributed by atoms with van der Waals surface area (Å²) in [5, 5.41) is 11.4. The first-order valence-electron chi connectivity index (χ1n) is 3.86. The number of rotatable bonds is 5. The maximum Gasteiger partial charge on any atom is 0.321 e. The first-order chi connectivity index (χ1) is 5.59. The fourth-order valence-electron chi connectivity index (χ4n) is 0.953. The lowest BCUT2D eigenvalue weighted by Crippen LogP contribution is -2.41. The van der Waals surface area contributed by atoms with Crippen LogP contribution in [0.2, 0.25) is 0 Å². The Morgan fingerprint density at radius 2 is 2.17 bits per heavy atom. The van der Waals surface area contributed by atoms with Crippen LogP contribution in [0.3, 0.4) is 0 Å². The molecular formula is C7H12N2O3. The minimum Gasteiger partial charge on any atom is -0.480 e. The van der Waals surface area contributed by atoms with Gasteiger partial charge in [-0.15, -0.1) is 0 Å². The van der Waals surface area contributed by atoms with Crippen molar-refractivity contribution >= 4 is 11.9 Å². The smallest absolute Gasteiger partial charge is 0.321 e. The number of nitrogens with one attached hydrogen (secondary N) is 1. The molecule has 5 nitrogen and oxygen atoms in total. The van der Waals surface area contributed by atoms with E-state index in [9.17, 15) is 9.59 Å². The third-order valence-corrected chi connectivity index (χ3v) is 1.72. The maximum absolute atomic E-state index is 10.5. The molecule has 1 aliphatic rings. The van der Waals surface area contributed by atoms with E-state index in [1.165, 1.54) is 0 Å². The van der Waals surface area contributed by atoms with Crippen LogP contribution in [0.5, 0.6) is 0 Å². The molecule has 0 aromatic carbocycles. The Morgan fingerprint density at radius 3 is 2.50 bits per heavy atom. The highest BCUT2D eigenvalue weighted by atomic mass is 16.4. The standard InChI is InChI=1S/C7H12N2O3/c8-6(10)3-5(7(11)12)9-4-1-2-4/h4-5,9H,1-3H2,(H2,8,10)(H,11,12). The molecule has 1 atom stereocenters. The second kappa shape index (κ2) is 3.53. The second-order valence-corrected chi connectivity index (χ2v) is 3.00. The second-order valence-electron chi connectivity index (χ2n) is 3.00. The largest absolute Gasteiger partial charge is 0.480 e. The summed E-state index contributed by atoms with van der Waals surface area (Å²) in [6.07, 6.45) is 1.84. The van der Waals surface area contributed by atoms with Crippen molar-refractivity contribution in [3.63, 3.8) is 0 Å². The molecule has 0 radical (unpaired) electrons. The van der Waals surface area contributed by atoms with Gasteiger partial charge >= 0.3 is 5.97 Å². The molecule has 68 valence electrons. The summed E-state index contributed by atoms with van der Waals surface area (Å²) < 4.78 is 0. The molecule has 0 spiro atoms. The van der Waals surface area contributed by atoms with E-state index >= 15 is 0 Å². The van der Waals surface area contributed by atoms with Gasteiger partial charge in [-0.05, 0) is 12.8 Å². The van der Waals surface area contributed by atoms with Crippen LogP contribution in [0.25, 0.3) is 0 Å². The first-order valence-corrected chi connectivity index (χ1v) is 3.86. The molecule has 0 aromatic rings. The number of primary amides is 1. The normalized spacial score (nSPS) is 18.7. The Balaban J connectivity index is 2.36. The van der Waals surface area contributed by atoms with Crippen molar-refractivity contribution in [1.29, 1.82) is 0 Å². The summed E-state index contributed by atoms with van der Waals surface area (Å²) in [6.45, 7) is 0. The van der Waals surface area contributed by atoms with Gasteiger partial charge in [0.2, 0.25) is 5.91 Å². The topological polar surface area (TPSA) is 92.4 Å². The molecule has 12 heavy (non-hydrogen) atoms. The van der Waals surface area contributed by atoms with Gasteiger partial charge in [-0.1, -0.05) is 0 Å². The number of nitrogens with two attached hydrogens (primary N) is 1. The third kappa shape index (κ3) is 2.87. The molecular weight excluding hydrogens is 160 g/mol. The average molecular weight is 172 g/mol. The van der Waals surface area contributed by atoms with Crippen molar-refractivity contribution in [2.24, 2.45) is 5.73 Å². The first kappa shape index (κ1) is 8.99. The summed E-state index contributed by atoms with van der Waals surface area (Å²) >= 11 is 0. The lowest BCUT2D eigenvalue weighted by Gasteiger charge is -2.10. The van der Waals surface area contributed by atoms with E-state index in [4.69, 9.17) is 10.8 Å². The fourth-order valence-corrected chi connectivity index (χ4v) is 0.953. The van der Waals surface area contributed by atoms with Crippen molar-refractivity contribution in [3.8, 4) is 0 Å². The Bertz CT molecular complexity index is 201. The predicted octanol–water partition coefficient (Wildman–Crippen LogP) is -0.933. The number of carbonyl (C=O) groups is 2. The Hall–Kier alpha value is -1.10. The van der Waals surface area contributed by atoms with E-state index in [1.807, 2.05) is 0 Å². The number of hydrogen-bond donors (Lipinski definition) is 3. The van der Waals surface area contributed by atoms with Crippen LogP contribution in [0.1, 0.15) is 19.3 Å². The molecule has 1 saturated carbocycles. The zero-order valence-corrected chi connectivity index (χ0v) is 6.62. The molecule has 1 unspecified atom stereocenters. The van der Waals surface area contributed by atoms with Crippen LogP contribution in [0.15, 0.2) is 0 Å². The van der Waals surface area contributed by atoms with E-state index in [-0.39, 0.29) is 12.5 Å².